The van der Waals surface area contributed by atoms with Crippen LogP contribution in [0.2, 0.25) is 5.02 Å². The third kappa shape index (κ3) is 6.87. The molecule has 1 aliphatic rings. The van der Waals surface area contributed by atoms with E-state index in [9.17, 15) is 9.59 Å². The summed E-state index contributed by atoms with van der Waals surface area (Å²) in [6, 6.07) is 17.4. The molecule has 0 radical (unpaired) electrons. The van der Waals surface area contributed by atoms with Crippen LogP contribution in [0.1, 0.15) is 43.4 Å². The molecule has 2 N–H and O–H groups in total. The molecule has 2 amide bonds. The molecule has 0 bridgehead atoms. The molecule has 0 saturated carbocycles. The van der Waals surface area contributed by atoms with Gasteiger partial charge in [-0.1, -0.05) is 54.1 Å². The number of carbonyl (C=O) groups excluding carboxylic acids is 2. The topological polar surface area (TPSA) is 61.4 Å². The zero-order valence-corrected chi connectivity index (χ0v) is 17.5. The molecule has 2 aromatic carbocycles. The molecule has 29 heavy (non-hydrogen) atoms. The smallest absolute Gasteiger partial charge is 0.222 e. The molecule has 1 fully saturated rings. The Kier molecular flexibility index (Phi) is 7.67. The average molecular weight is 414 g/mol. The second kappa shape index (κ2) is 10.4. The van der Waals surface area contributed by atoms with Crippen LogP contribution in [0.25, 0.3) is 0 Å². The maximum Gasteiger partial charge on any atom is 0.222 e. The molecule has 1 atom stereocenters. The van der Waals surface area contributed by atoms with Crippen LogP contribution in [0.15, 0.2) is 54.6 Å². The summed E-state index contributed by atoms with van der Waals surface area (Å²) in [5.41, 5.74) is 2.19. The molecule has 0 aromatic heterocycles. The number of carbonyl (C=O) groups is 2. The van der Waals surface area contributed by atoms with Gasteiger partial charge in [-0.2, -0.15) is 0 Å². The molecule has 1 aliphatic heterocycles. The third-order valence-electron chi connectivity index (χ3n) is 5.24. The Bertz CT molecular complexity index is 803. The maximum atomic E-state index is 12.6. The number of nitrogens with zero attached hydrogens (tertiary/aromatic N) is 1. The van der Waals surface area contributed by atoms with Gasteiger partial charge >= 0.3 is 0 Å². The summed E-state index contributed by atoms with van der Waals surface area (Å²) in [7, 11) is 0. The molecule has 3 rings (SSSR count). The molecular formula is C23H28ClN3O2. The fraction of sp³-hybridized carbons (Fsp3) is 0.391. The third-order valence-corrected chi connectivity index (χ3v) is 5.49. The van der Waals surface area contributed by atoms with Crippen LogP contribution < -0.4 is 10.6 Å². The van der Waals surface area contributed by atoms with Crippen molar-refractivity contribution in [3.63, 3.8) is 0 Å². The number of hydrogen-bond donors (Lipinski definition) is 2. The van der Waals surface area contributed by atoms with Crippen molar-refractivity contribution in [2.75, 3.05) is 13.1 Å². The summed E-state index contributed by atoms with van der Waals surface area (Å²) in [6.07, 6.45) is 2.10. The van der Waals surface area contributed by atoms with Gasteiger partial charge in [0.25, 0.3) is 0 Å². The Balaban J connectivity index is 1.47. The van der Waals surface area contributed by atoms with Gasteiger partial charge in [-0.3, -0.25) is 14.5 Å². The summed E-state index contributed by atoms with van der Waals surface area (Å²) in [5, 5.41) is 6.79. The maximum absolute atomic E-state index is 12.6. The average Bonchev–Trinajstić information content (AvgIpc) is 2.71. The lowest BCUT2D eigenvalue weighted by molar-refractivity contribution is -0.123. The molecule has 6 heteroatoms. The van der Waals surface area contributed by atoms with E-state index in [0.29, 0.717) is 0 Å². The second-order valence-electron chi connectivity index (χ2n) is 7.61. The first-order valence-electron chi connectivity index (χ1n) is 10.1. The Morgan fingerprint density at radius 2 is 1.72 bits per heavy atom. The van der Waals surface area contributed by atoms with Crippen LogP contribution in [0.4, 0.5) is 0 Å². The molecule has 1 unspecified atom stereocenters. The fourth-order valence-electron chi connectivity index (χ4n) is 3.74. The van der Waals surface area contributed by atoms with E-state index in [4.69, 9.17) is 11.6 Å². The fourth-order valence-corrected chi connectivity index (χ4v) is 3.86. The molecule has 2 aromatic rings. The zero-order chi connectivity index (χ0) is 20.6. The van der Waals surface area contributed by atoms with Gasteiger partial charge in [0.2, 0.25) is 11.8 Å². The van der Waals surface area contributed by atoms with Gasteiger partial charge < -0.3 is 10.6 Å². The van der Waals surface area contributed by atoms with E-state index in [1.54, 1.807) is 0 Å². The van der Waals surface area contributed by atoms with Crippen LogP contribution in [0.3, 0.4) is 0 Å². The molecule has 1 heterocycles. The first kappa shape index (κ1) is 21.3. The minimum Gasteiger partial charge on any atom is -0.353 e. The predicted octanol–water partition coefficient (Wildman–Crippen LogP) is 3.69. The number of likely N-dealkylation sites (tertiary alicyclic amines) is 1. The number of hydrogen-bond acceptors (Lipinski definition) is 3. The summed E-state index contributed by atoms with van der Waals surface area (Å²) in [6.45, 7) is 4.27. The predicted molar refractivity (Wildman–Crippen MR) is 116 cm³/mol. The Labute approximate surface area is 177 Å². The first-order valence-corrected chi connectivity index (χ1v) is 10.5. The van der Waals surface area contributed by atoms with Crippen molar-refractivity contribution in [3.8, 4) is 0 Å². The van der Waals surface area contributed by atoms with Crippen molar-refractivity contribution in [1.82, 2.24) is 15.5 Å². The molecule has 1 saturated heterocycles. The van der Waals surface area contributed by atoms with Gasteiger partial charge in [0.05, 0.1) is 12.5 Å². The van der Waals surface area contributed by atoms with E-state index < -0.39 is 0 Å². The highest BCUT2D eigenvalue weighted by molar-refractivity contribution is 6.30. The van der Waals surface area contributed by atoms with E-state index in [0.717, 1.165) is 43.1 Å². The SMILES string of the molecule is CC(=O)NC(CC(=O)NC1CCN(Cc2ccc(Cl)cc2)CC1)c1ccccc1. The molecule has 0 spiro atoms. The van der Waals surface area contributed by atoms with Gasteiger partial charge in [0.1, 0.15) is 0 Å². The number of amides is 2. The number of rotatable bonds is 7. The van der Waals surface area contributed by atoms with Crippen molar-refractivity contribution < 1.29 is 9.59 Å². The van der Waals surface area contributed by atoms with E-state index in [2.05, 4.69) is 27.7 Å². The lowest BCUT2D eigenvalue weighted by atomic mass is 10.0. The second-order valence-corrected chi connectivity index (χ2v) is 8.05. The van der Waals surface area contributed by atoms with Gasteiger partial charge in [-0.25, -0.2) is 0 Å². The molecule has 5 nitrogen and oxygen atoms in total. The summed E-state index contributed by atoms with van der Waals surface area (Å²) in [4.78, 5) is 26.5. The van der Waals surface area contributed by atoms with Gasteiger partial charge in [0, 0.05) is 37.6 Å². The largest absolute Gasteiger partial charge is 0.353 e. The Morgan fingerprint density at radius 3 is 2.34 bits per heavy atom. The lowest BCUT2D eigenvalue weighted by Gasteiger charge is -2.32. The summed E-state index contributed by atoms with van der Waals surface area (Å²) >= 11 is 5.95. The Morgan fingerprint density at radius 1 is 1.07 bits per heavy atom. The van der Waals surface area contributed by atoms with Gasteiger partial charge in [-0.05, 0) is 36.1 Å². The number of piperidine rings is 1. The standard InChI is InChI=1S/C23H28ClN3O2/c1-17(28)25-22(19-5-3-2-4-6-19)15-23(29)26-21-11-13-27(14-12-21)16-18-7-9-20(24)10-8-18/h2-10,21-22H,11-16H2,1H3,(H,25,28)(H,26,29). The highest BCUT2D eigenvalue weighted by atomic mass is 35.5. The lowest BCUT2D eigenvalue weighted by Crippen LogP contribution is -2.45. The highest BCUT2D eigenvalue weighted by Crippen LogP contribution is 2.19. The van der Waals surface area contributed by atoms with Crippen LogP contribution in [-0.2, 0) is 16.1 Å². The van der Waals surface area contributed by atoms with Crippen molar-refractivity contribution in [1.29, 1.82) is 0 Å². The molecule has 0 aliphatic carbocycles. The van der Waals surface area contributed by atoms with Gasteiger partial charge in [-0.15, -0.1) is 0 Å². The quantitative estimate of drug-likeness (QED) is 0.727. The van der Waals surface area contributed by atoms with Crippen LogP contribution in [0, 0.1) is 0 Å². The molecule has 154 valence electrons. The van der Waals surface area contributed by atoms with Crippen molar-refractivity contribution in [3.05, 3.63) is 70.7 Å². The zero-order valence-electron chi connectivity index (χ0n) is 16.7. The van der Waals surface area contributed by atoms with Crippen LogP contribution in [-0.4, -0.2) is 35.8 Å². The minimum atomic E-state index is -0.307. The van der Waals surface area contributed by atoms with Gasteiger partial charge in [0.15, 0.2) is 0 Å². The number of halogens is 1. The van der Waals surface area contributed by atoms with E-state index >= 15 is 0 Å². The van der Waals surface area contributed by atoms with Crippen molar-refractivity contribution in [2.24, 2.45) is 0 Å². The van der Waals surface area contributed by atoms with Crippen molar-refractivity contribution in [2.45, 2.75) is 44.8 Å². The van der Waals surface area contributed by atoms with Crippen LogP contribution in [0.5, 0.6) is 0 Å². The van der Waals surface area contributed by atoms with E-state index in [-0.39, 0.29) is 30.3 Å². The Hall–Kier alpha value is -2.37. The highest BCUT2D eigenvalue weighted by Gasteiger charge is 2.23. The normalized spacial score (nSPS) is 16.2. The van der Waals surface area contributed by atoms with E-state index in [1.165, 1.54) is 12.5 Å². The minimum absolute atomic E-state index is 0.0243. The summed E-state index contributed by atoms with van der Waals surface area (Å²) in [5.74, 6) is -0.161. The van der Waals surface area contributed by atoms with E-state index in [1.807, 2.05) is 42.5 Å². The first-order chi connectivity index (χ1) is 14.0. The monoisotopic (exact) mass is 413 g/mol. The number of benzene rings is 2. The number of nitrogens with one attached hydrogen (secondary N) is 2. The van der Waals surface area contributed by atoms with Crippen molar-refractivity contribution >= 4 is 23.4 Å². The summed E-state index contributed by atoms with van der Waals surface area (Å²) < 4.78 is 0. The molecular weight excluding hydrogens is 386 g/mol. The van der Waals surface area contributed by atoms with Crippen LogP contribution >= 0.6 is 11.6 Å².